The van der Waals surface area contributed by atoms with Crippen molar-refractivity contribution in [3.05, 3.63) is 35.4 Å². The van der Waals surface area contributed by atoms with Gasteiger partial charge in [-0.05, 0) is 30.9 Å². The monoisotopic (exact) mass is 335 g/mol. The normalized spacial score (nSPS) is 15.7. The minimum absolute atomic E-state index is 0.0581. The molecular weight excluding hydrogens is 314 g/mol. The molecule has 0 saturated carbocycles. The highest BCUT2D eigenvalue weighted by Crippen LogP contribution is 2.25. The standard InChI is InChI=1S/C17H22ClN3O2/c18-15-3-1-2-14(10-15)16-11-17(21(20-16)6-7-22)19-12-13-4-8-23-9-5-13/h1-3,10-11,13,19,22H,4-9,12H2. The number of aromatic nitrogens is 2. The molecule has 0 radical (unpaired) electrons. The van der Waals surface area contributed by atoms with E-state index in [0.717, 1.165) is 49.7 Å². The predicted molar refractivity (Wildman–Crippen MR) is 91.8 cm³/mol. The Bertz CT molecular complexity index is 639. The summed E-state index contributed by atoms with van der Waals surface area (Å²) in [5.41, 5.74) is 1.83. The van der Waals surface area contributed by atoms with Gasteiger partial charge in [0.25, 0.3) is 0 Å². The van der Waals surface area contributed by atoms with E-state index in [0.29, 0.717) is 17.5 Å². The van der Waals surface area contributed by atoms with E-state index in [9.17, 15) is 5.11 Å². The molecule has 5 nitrogen and oxygen atoms in total. The lowest BCUT2D eigenvalue weighted by Crippen LogP contribution is -2.23. The van der Waals surface area contributed by atoms with Crippen molar-refractivity contribution in [2.24, 2.45) is 5.92 Å². The smallest absolute Gasteiger partial charge is 0.125 e. The molecule has 0 spiro atoms. The topological polar surface area (TPSA) is 59.3 Å². The second-order valence-electron chi connectivity index (χ2n) is 5.81. The predicted octanol–water partition coefficient (Wildman–Crippen LogP) is 3.03. The molecule has 1 aromatic heterocycles. The third-order valence-electron chi connectivity index (χ3n) is 4.12. The Hall–Kier alpha value is -1.56. The van der Waals surface area contributed by atoms with Gasteiger partial charge >= 0.3 is 0 Å². The summed E-state index contributed by atoms with van der Waals surface area (Å²) < 4.78 is 7.21. The highest BCUT2D eigenvalue weighted by Gasteiger charge is 2.15. The molecule has 1 saturated heterocycles. The minimum atomic E-state index is 0.0581. The molecule has 0 aliphatic carbocycles. The average molecular weight is 336 g/mol. The van der Waals surface area contributed by atoms with Crippen LogP contribution in [0, 0.1) is 5.92 Å². The summed E-state index contributed by atoms with van der Waals surface area (Å²) >= 11 is 6.06. The number of ether oxygens (including phenoxy) is 1. The summed E-state index contributed by atoms with van der Waals surface area (Å²) in [5, 5.41) is 18.0. The summed E-state index contributed by atoms with van der Waals surface area (Å²) in [6.45, 7) is 3.11. The lowest BCUT2D eigenvalue weighted by molar-refractivity contribution is 0.0699. The Morgan fingerprint density at radius 1 is 1.30 bits per heavy atom. The van der Waals surface area contributed by atoms with Crippen molar-refractivity contribution in [3.8, 4) is 11.3 Å². The van der Waals surface area contributed by atoms with Gasteiger partial charge in [-0.25, -0.2) is 4.68 Å². The number of nitrogens with zero attached hydrogens (tertiary/aromatic N) is 2. The number of hydrogen-bond donors (Lipinski definition) is 2. The van der Waals surface area contributed by atoms with E-state index in [-0.39, 0.29) is 6.61 Å². The first kappa shape index (κ1) is 16.3. The van der Waals surface area contributed by atoms with Crippen LogP contribution in [0.5, 0.6) is 0 Å². The summed E-state index contributed by atoms with van der Waals surface area (Å²) in [7, 11) is 0. The third kappa shape index (κ3) is 4.25. The van der Waals surface area contributed by atoms with Crippen LogP contribution < -0.4 is 5.32 Å². The van der Waals surface area contributed by atoms with Gasteiger partial charge in [0, 0.05) is 36.4 Å². The maximum atomic E-state index is 9.26. The highest BCUT2D eigenvalue weighted by molar-refractivity contribution is 6.30. The van der Waals surface area contributed by atoms with Crippen LogP contribution in [0.25, 0.3) is 11.3 Å². The number of anilines is 1. The van der Waals surface area contributed by atoms with Gasteiger partial charge in [0.05, 0.1) is 18.8 Å². The Balaban J connectivity index is 1.75. The van der Waals surface area contributed by atoms with E-state index in [2.05, 4.69) is 10.4 Å². The molecule has 124 valence electrons. The zero-order valence-electron chi connectivity index (χ0n) is 13.0. The Morgan fingerprint density at radius 2 is 2.13 bits per heavy atom. The summed E-state index contributed by atoms with van der Waals surface area (Å²) in [4.78, 5) is 0. The fourth-order valence-corrected chi connectivity index (χ4v) is 3.00. The Kier molecular flexibility index (Phi) is 5.54. The zero-order chi connectivity index (χ0) is 16.1. The summed E-state index contributed by atoms with van der Waals surface area (Å²) in [6.07, 6.45) is 2.17. The molecule has 23 heavy (non-hydrogen) atoms. The van der Waals surface area contributed by atoms with Crippen LogP contribution in [0.1, 0.15) is 12.8 Å². The van der Waals surface area contributed by atoms with E-state index in [4.69, 9.17) is 16.3 Å². The van der Waals surface area contributed by atoms with Crippen LogP contribution in [0.2, 0.25) is 5.02 Å². The van der Waals surface area contributed by atoms with Gasteiger partial charge in [-0.15, -0.1) is 0 Å². The third-order valence-corrected chi connectivity index (χ3v) is 4.36. The molecule has 1 aliphatic rings. The molecule has 0 atom stereocenters. The number of rotatable bonds is 6. The van der Waals surface area contributed by atoms with Crippen molar-refractivity contribution in [2.75, 3.05) is 31.7 Å². The van der Waals surface area contributed by atoms with Crippen molar-refractivity contribution in [1.82, 2.24) is 9.78 Å². The number of nitrogens with one attached hydrogen (secondary N) is 1. The van der Waals surface area contributed by atoms with Crippen LogP contribution >= 0.6 is 11.6 Å². The van der Waals surface area contributed by atoms with Gasteiger partial charge < -0.3 is 15.2 Å². The van der Waals surface area contributed by atoms with Crippen LogP contribution in [0.15, 0.2) is 30.3 Å². The van der Waals surface area contributed by atoms with Crippen LogP contribution in [0.4, 0.5) is 5.82 Å². The Labute approximate surface area is 141 Å². The molecule has 6 heteroatoms. The van der Waals surface area contributed by atoms with E-state index < -0.39 is 0 Å². The van der Waals surface area contributed by atoms with Gasteiger partial charge in [-0.3, -0.25) is 0 Å². The summed E-state index contributed by atoms with van der Waals surface area (Å²) in [6, 6.07) is 9.66. The molecule has 0 bridgehead atoms. The molecule has 0 amide bonds. The fraction of sp³-hybridized carbons (Fsp3) is 0.471. The first-order chi connectivity index (χ1) is 11.3. The fourth-order valence-electron chi connectivity index (χ4n) is 2.81. The van der Waals surface area contributed by atoms with Crippen LogP contribution in [0.3, 0.4) is 0 Å². The van der Waals surface area contributed by atoms with Crippen molar-refractivity contribution in [3.63, 3.8) is 0 Å². The second-order valence-corrected chi connectivity index (χ2v) is 6.24. The van der Waals surface area contributed by atoms with Gasteiger partial charge in [0.2, 0.25) is 0 Å². The largest absolute Gasteiger partial charge is 0.394 e. The molecule has 2 heterocycles. The van der Waals surface area contributed by atoms with Gasteiger partial charge in [-0.1, -0.05) is 23.7 Å². The SMILES string of the molecule is OCCn1nc(-c2cccc(Cl)c2)cc1NCC1CCOCC1. The zero-order valence-corrected chi connectivity index (χ0v) is 13.8. The van der Waals surface area contributed by atoms with E-state index in [1.54, 1.807) is 0 Å². The first-order valence-electron chi connectivity index (χ1n) is 8.02. The highest BCUT2D eigenvalue weighted by atomic mass is 35.5. The van der Waals surface area contributed by atoms with Crippen molar-refractivity contribution in [2.45, 2.75) is 19.4 Å². The maximum absolute atomic E-state index is 9.26. The van der Waals surface area contributed by atoms with Crippen molar-refractivity contribution < 1.29 is 9.84 Å². The molecular formula is C17H22ClN3O2. The maximum Gasteiger partial charge on any atom is 0.125 e. The molecule has 1 fully saturated rings. The second kappa shape index (κ2) is 7.81. The number of benzene rings is 1. The molecule has 1 aromatic carbocycles. The van der Waals surface area contributed by atoms with E-state index in [1.807, 2.05) is 35.0 Å². The molecule has 3 rings (SSSR count). The van der Waals surface area contributed by atoms with E-state index in [1.165, 1.54) is 0 Å². The Morgan fingerprint density at radius 3 is 2.87 bits per heavy atom. The molecule has 2 N–H and O–H groups in total. The average Bonchev–Trinajstić information content (AvgIpc) is 2.97. The van der Waals surface area contributed by atoms with Gasteiger partial charge in [-0.2, -0.15) is 5.10 Å². The summed E-state index contributed by atoms with van der Waals surface area (Å²) in [5.74, 6) is 1.55. The van der Waals surface area contributed by atoms with Crippen LogP contribution in [-0.2, 0) is 11.3 Å². The van der Waals surface area contributed by atoms with Crippen molar-refractivity contribution >= 4 is 17.4 Å². The van der Waals surface area contributed by atoms with Crippen LogP contribution in [-0.4, -0.2) is 41.3 Å². The molecule has 0 unspecified atom stereocenters. The number of aliphatic hydroxyl groups excluding tert-OH is 1. The van der Waals surface area contributed by atoms with Crippen molar-refractivity contribution in [1.29, 1.82) is 0 Å². The lowest BCUT2D eigenvalue weighted by Gasteiger charge is -2.22. The van der Waals surface area contributed by atoms with Gasteiger partial charge in [0.15, 0.2) is 0 Å². The van der Waals surface area contributed by atoms with Gasteiger partial charge in [0.1, 0.15) is 5.82 Å². The number of halogens is 1. The number of hydrogen-bond acceptors (Lipinski definition) is 4. The molecule has 2 aromatic rings. The number of aliphatic hydroxyl groups is 1. The lowest BCUT2D eigenvalue weighted by atomic mass is 10.0. The molecule has 1 aliphatic heterocycles. The quantitative estimate of drug-likeness (QED) is 0.852. The minimum Gasteiger partial charge on any atom is -0.394 e. The first-order valence-corrected chi connectivity index (χ1v) is 8.40. The van der Waals surface area contributed by atoms with E-state index >= 15 is 0 Å².